The van der Waals surface area contributed by atoms with Crippen molar-refractivity contribution < 1.29 is 17.9 Å². The fourth-order valence-corrected chi connectivity index (χ4v) is 2.50. The molecule has 0 aliphatic heterocycles. The molecule has 0 saturated carbocycles. The van der Waals surface area contributed by atoms with Gasteiger partial charge in [-0.1, -0.05) is 49.5 Å². The Morgan fingerprint density at radius 3 is 2.14 bits per heavy atom. The van der Waals surface area contributed by atoms with E-state index in [4.69, 9.17) is 4.74 Å². The van der Waals surface area contributed by atoms with Gasteiger partial charge in [-0.2, -0.15) is 13.8 Å². The Labute approximate surface area is 162 Å². The zero-order valence-electron chi connectivity index (χ0n) is 15.3. The maximum Gasteiger partial charge on any atom is 0.251 e. The van der Waals surface area contributed by atoms with Crippen molar-refractivity contribution in [1.29, 1.82) is 0 Å². The first-order valence-electron chi connectivity index (χ1n) is 8.93. The summed E-state index contributed by atoms with van der Waals surface area (Å²) in [6, 6.07) is 15.8. The van der Waals surface area contributed by atoms with E-state index in [2.05, 4.69) is 23.7 Å². The largest absolute Gasteiger partial charge is 0.494 e. The van der Waals surface area contributed by atoms with Crippen LogP contribution in [0.3, 0.4) is 0 Å². The molecule has 3 rings (SSSR count). The molecule has 2 aromatic carbocycles. The van der Waals surface area contributed by atoms with Crippen molar-refractivity contribution in [2.75, 3.05) is 6.61 Å². The van der Waals surface area contributed by atoms with E-state index in [-0.39, 0.29) is 5.56 Å². The minimum absolute atomic E-state index is 0.290. The average molecular weight is 381 g/mol. The SMILES string of the molecule is CCCCOc1ccc(-c2ccc(C#Cc3cc(F)c(F)nc3F)cc2)cc1. The van der Waals surface area contributed by atoms with Crippen molar-refractivity contribution in [3.05, 3.63) is 83.4 Å². The second-order valence-corrected chi connectivity index (χ2v) is 6.15. The first-order valence-corrected chi connectivity index (χ1v) is 8.93. The van der Waals surface area contributed by atoms with Gasteiger partial charge in [-0.05, 0) is 47.9 Å². The summed E-state index contributed by atoms with van der Waals surface area (Å²) in [5, 5.41) is 0. The lowest BCUT2D eigenvalue weighted by molar-refractivity contribution is 0.309. The van der Waals surface area contributed by atoms with Crippen molar-refractivity contribution in [3.63, 3.8) is 0 Å². The standard InChI is InChI=1S/C23H18F3NO/c1-2-3-14-28-20-12-10-18(11-13-20)17-7-4-16(5-8-17)6-9-19-15-21(24)23(26)27-22(19)25/h4-5,7-8,10-13,15H,2-3,14H2,1H3. The lowest BCUT2D eigenvalue weighted by Crippen LogP contribution is -1.97. The van der Waals surface area contributed by atoms with Crippen molar-refractivity contribution in [2.24, 2.45) is 0 Å². The fourth-order valence-electron chi connectivity index (χ4n) is 2.50. The molecule has 0 radical (unpaired) electrons. The Bertz CT molecular complexity index is 1000. The second-order valence-electron chi connectivity index (χ2n) is 6.15. The number of hydrogen-bond acceptors (Lipinski definition) is 2. The lowest BCUT2D eigenvalue weighted by atomic mass is 10.0. The van der Waals surface area contributed by atoms with Gasteiger partial charge in [-0.15, -0.1) is 0 Å². The van der Waals surface area contributed by atoms with Gasteiger partial charge in [0.05, 0.1) is 12.2 Å². The molecule has 3 aromatic rings. The first-order chi connectivity index (χ1) is 13.6. The smallest absolute Gasteiger partial charge is 0.251 e. The lowest BCUT2D eigenvalue weighted by Gasteiger charge is -2.07. The maximum absolute atomic E-state index is 13.5. The topological polar surface area (TPSA) is 22.1 Å². The number of ether oxygens (including phenoxy) is 1. The monoisotopic (exact) mass is 381 g/mol. The number of hydrogen-bond donors (Lipinski definition) is 0. The van der Waals surface area contributed by atoms with Crippen LogP contribution in [-0.2, 0) is 0 Å². The van der Waals surface area contributed by atoms with Crippen LogP contribution >= 0.6 is 0 Å². The summed E-state index contributed by atoms with van der Waals surface area (Å²) in [7, 11) is 0. The molecule has 0 aliphatic rings. The molecule has 0 bridgehead atoms. The van der Waals surface area contributed by atoms with E-state index >= 15 is 0 Å². The molecule has 0 spiro atoms. The summed E-state index contributed by atoms with van der Waals surface area (Å²) in [5.74, 6) is 2.19. The average Bonchev–Trinajstić information content (AvgIpc) is 2.71. The van der Waals surface area contributed by atoms with Crippen molar-refractivity contribution in [1.82, 2.24) is 4.98 Å². The highest BCUT2D eigenvalue weighted by molar-refractivity contribution is 5.65. The van der Waals surface area contributed by atoms with E-state index in [1.54, 1.807) is 12.1 Å². The van der Waals surface area contributed by atoms with Crippen molar-refractivity contribution in [3.8, 4) is 28.7 Å². The van der Waals surface area contributed by atoms with Crippen LogP contribution in [0.25, 0.3) is 11.1 Å². The number of nitrogens with zero attached hydrogens (tertiary/aromatic N) is 1. The van der Waals surface area contributed by atoms with E-state index in [1.807, 2.05) is 36.4 Å². The summed E-state index contributed by atoms with van der Waals surface area (Å²) < 4.78 is 45.2. The Morgan fingerprint density at radius 2 is 1.50 bits per heavy atom. The number of aromatic nitrogens is 1. The molecular weight excluding hydrogens is 363 g/mol. The van der Waals surface area contributed by atoms with Crippen LogP contribution in [-0.4, -0.2) is 11.6 Å². The molecule has 0 saturated heterocycles. The third-order valence-electron chi connectivity index (χ3n) is 4.07. The molecular formula is C23H18F3NO. The Kier molecular flexibility index (Phi) is 6.33. The molecule has 5 heteroatoms. The molecule has 1 heterocycles. The van der Waals surface area contributed by atoms with Gasteiger partial charge in [0, 0.05) is 5.56 Å². The zero-order chi connectivity index (χ0) is 19.9. The van der Waals surface area contributed by atoms with Crippen LogP contribution in [0.5, 0.6) is 5.75 Å². The van der Waals surface area contributed by atoms with Gasteiger partial charge in [-0.25, -0.2) is 4.39 Å². The Morgan fingerprint density at radius 1 is 0.857 bits per heavy atom. The van der Waals surface area contributed by atoms with Gasteiger partial charge in [-0.3, -0.25) is 0 Å². The number of rotatable bonds is 5. The van der Waals surface area contributed by atoms with Crippen LogP contribution < -0.4 is 4.74 Å². The fraction of sp³-hybridized carbons (Fsp3) is 0.174. The van der Waals surface area contributed by atoms with Gasteiger partial charge < -0.3 is 4.74 Å². The highest BCUT2D eigenvalue weighted by Crippen LogP contribution is 2.23. The molecule has 28 heavy (non-hydrogen) atoms. The summed E-state index contributed by atoms with van der Waals surface area (Å²) in [6.07, 6.45) is 2.11. The number of unbranched alkanes of at least 4 members (excludes halogenated alkanes) is 1. The minimum atomic E-state index is -1.48. The summed E-state index contributed by atoms with van der Waals surface area (Å²) in [5.41, 5.74) is 2.35. The molecule has 142 valence electrons. The number of benzene rings is 2. The second kappa shape index (κ2) is 9.09. The predicted octanol–water partition coefficient (Wildman–Crippen LogP) is 5.74. The molecule has 0 atom stereocenters. The minimum Gasteiger partial charge on any atom is -0.494 e. The van der Waals surface area contributed by atoms with Gasteiger partial charge in [0.1, 0.15) is 5.75 Å². The molecule has 1 aromatic heterocycles. The van der Waals surface area contributed by atoms with Gasteiger partial charge in [0.25, 0.3) is 5.95 Å². The van der Waals surface area contributed by atoms with Gasteiger partial charge in [0.15, 0.2) is 5.82 Å². The van der Waals surface area contributed by atoms with Crippen LogP contribution in [0.15, 0.2) is 54.6 Å². The van der Waals surface area contributed by atoms with E-state index in [0.29, 0.717) is 18.2 Å². The normalized spacial score (nSPS) is 10.3. The number of pyridine rings is 1. The van der Waals surface area contributed by atoms with Crippen molar-refractivity contribution >= 4 is 0 Å². The van der Waals surface area contributed by atoms with Gasteiger partial charge in [0.2, 0.25) is 5.95 Å². The molecule has 0 N–H and O–H groups in total. The van der Waals surface area contributed by atoms with Crippen LogP contribution in [0.2, 0.25) is 0 Å². The first kappa shape index (κ1) is 19.5. The van der Waals surface area contributed by atoms with E-state index in [1.165, 1.54) is 0 Å². The predicted molar refractivity (Wildman–Crippen MR) is 102 cm³/mol. The summed E-state index contributed by atoms with van der Waals surface area (Å²) >= 11 is 0. The summed E-state index contributed by atoms with van der Waals surface area (Å²) in [4.78, 5) is 2.85. The molecule has 0 fully saturated rings. The Hall–Kier alpha value is -3.26. The maximum atomic E-state index is 13.5. The van der Waals surface area contributed by atoms with Crippen LogP contribution in [0, 0.1) is 29.6 Å². The zero-order valence-corrected chi connectivity index (χ0v) is 15.3. The highest BCUT2D eigenvalue weighted by atomic mass is 19.2. The van der Waals surface area contributed by atoms with E-state index in [0.717, 1.165) is 29.7 Å². The molecule has 2 nitrogen and oxygen atoms in total. The highest BCUT2D eigenvalue weighted by Gasteiger charge is 2.09. The number of halogens is 3. The van der Waals surface area contributed by atoms with Crippen molar-refractivity contribution in [2.45, 2.75) is 19.8 Å². The molecule has 0 amide bonds. The van der Waals surface area contributed by atoms with E-state index in [9.17, 15) is 13.2 Å². The summed E-state index contributed by atoms with van der Waals surface area (Å²) in [6.45, 7) is 2.82. The quantitative estimate of drug-likeness (QED) is 0.319. The third kappa shape index (κ3) is 4.92. The Balaban J connectivity index is 1.71. The van der Waals surface area contributed by atoms with Gasteiger partial charge >= 0.3 is 0 Å². The molecule has 0 aliphatic carbocycles. The van der Waals surface area contributed by atoms with Crippen LogP contribution in [0.4, 0.5) is 13.2 Å². The van der Waals surface area contributed by atoms with Crippen LogP contribution in [0.1, 0.15) is 30.9 Å². The third-order valence-corrected chi connectivity index (χ3v) is 4.07. The van der Waals surface area contributed by atoms with E-state index < -0.39 is 17.7 Å². The molecule has 0 unspecified atom stereocenters.